The quantitative estimate of drug-likeness (QED) is 0.399. The number of rotatable bonds is 7. The van der Waals surface area contributed by atoms with Crippen LogP contribution in [-0.2, 0) is 41.9 Å². The number of thiazole rings is 1. The van der Waals surface area contributed by atoms with Crippen LogP contribution < -0.4 is 16.6 Å². The summed E-state index contributed by atoms with van der Waals surface area (Å²) in [4.78, 5) is 56.8. The third-order valence-corrected chi connectivity index (χ3v) is 6.03. The Bertz CT molecular complexity index is 1240. The SMILES string of the molecule is CCOC(=O)Cc1csc(NC(=O)CSc2nc3c(c(=O)n(C)c(=O)n3C)n2C)n1. The van der Waals surface area contributed by atoms with Crippen LogP contribution in [0.5, 0.6) is 0 Å². The molecule has 0 aliphatic rings. The number of nitrogens with zero attached hydrogens (tertiary/aromatic N) is 5. The van der Waals surface area contributed by atoms with Crippen LogP contribution in [0.4, 0.5) is 5.13 Å². The van der Waals surface area contributed by atoms with E-state index in [2.05, 4.69) is 15.3 Å². The van der Waals surface area contributed by atoms with Gasteiger partial charge in [0.15, 0.2) is 21.5 Å². The molecule has 0 saturated heterocycles. The molecule has 0 aliphatic heterocycles. The molecule has 0 spiro atoms. The van der Waals surface area contributed by atoms with Gasteiger partial charge in [-0.1, -0.05) is 11.8 Å². The first-order valence-corrected chi connectivity index (χ1v) is 10.7. The number of aromatic nitrogens is 5. The molecule has 13 heteroatoms. The Morgan fingerprint density at radius 2 is 1.90 bits per heavy atom. The number of thioether (sulfide) groups is 1. The fourth-order valence-corrected chi connectivity index (χ4v) is 4.21. The van der Waals surface area contributed by atoms with Crippen LogP contribution in [0.2, 0.25) is 0 Å². The minimum absolute atomic E-state index is 0.0260. The fraction of sp³-hybridized carbons (Fsp3) is 0.412. The number of anilines is 1. The topological polar surface area (TPSA) is 130 Å². The molecule has 3 aromatic heterocycles. The van der Waals surface area contributed by atoms with Crippen molar-refractivity contribution in [1.82, 2.24) is 23.7 Å². The number of hydrogen-bond donors (Lipinski definition) is 1. The summed E-state index contributed by atoms with van der Waals surface area (Å²) in [5.74, 6) is -0.664. The van der Waals surface area contributed by atoms with Gasteiger partial charge in [0.2, 0.25) is 5.91 Å². The molecule has 0 saturated carbocycles. The molecule has 160 valence electrons. The average molecular weight is 453 g/mol. The lowest BCUT2D eigenvalue weighted by atomic mass is 10.3. The number of ether oxygens (including phenoxy) is 1. The molecule has 3 aromatic rings. The summed E-state index contributed by atoms with van der Waals surface area (Å²) in [7, 11) is 4.60. The highest BCUT2D eigenvalue weighted by atomic mass is 32.2. The van der Waals surface area contributed by atoms with Gasteiger partial charge < -0.3 is 14.6 Å². The van der Waals surface area contributed by atoms with Crippen molar-refractivity contribution in [2.45, 2.75) is 18.5 Å². The molecule has 0 fully saturated rings. The molecule has 3 heterocycles. The molecule has 1 amide bonds. The number of esters is 1. The molecule has 0 radical (unpaired) electrons. The van der Waals surface area contributed by atoms with Gasteiger partial charge in [-0.25, -0.2) is 14.8 Å². The van der Waals surface area contributed by atoms with E-state index >= 15 is 0 Å². The van der Waals surface area contributed by atoms with Crippen LogP contribution in [0, 0.1) is 0 Å². The summed E-state index contributed by atoms with van der Waals surface area (Å²) in [5, 5.41) is 5.16. The number of imidazole rings is 1. The highest BCUT2D eigenvalue weighted by Gasteiger charge is 2.18. The predicted octanol–water partition coefficient (Wildman–Crippen LogP) is 0.264. The Morgan fingerprint density at radius 3 is 2.60 bits per heavy atom. The molecule has 11 nitrogen and oxygen atoms in total. The van der Waals surface area contributed by atoms with Crippen molar-refractivity contribution < 1.29 is 14.3 Å². The summed E-state index contributed by atoms with van der Waals surface area (Å²) >= 11 is 2.34. The lowest BCUT2D eigenvalue weighted by molar-refractivity contribution is -0.142. The minimum atomic E-state index is -0.470. The molecule has 3 rings (SSSR count). The van der Waals surface area contributed by atoms with Crippen molar-refractivity contribution in [3.8, 4) is 0 Å². The van der Waals surface area contributed by atoms with Crippen molar-refractivity contribution in [2.24, 2.45) is 21.1 Å². The summed E-state index contributed by atoms with van der Waals surface area (Å²) < 4.78 is 8.75. The van der Waals surface area contributed by atoms with Gasteiger partial charge >= 0.3 is 11.7 Å². The molecule has 0 aliphatic carbocycles. The van der Waals surface area contributed by atoms with Crippen molar-refractivity contribution in [1.29, 1.82) is 0 Å². The molecule has 0 aromatic carbocycles. The van der Waals surface area contributed by atoms with Gasteiger partial charge in [-0.3, -0.25) is 23.5 Å². The predicted molar refractivity (Wildman–Crippen MR) is 113 cm³/mol. The number of hydrogen-bond acceptors (Lipinski definition) is 9. The highest BCUT2D eigenvalue weighted by molar-refractivity contribution is 7.99. The zero-order chi connectivity index (χ0) is 22.0. The Hall–Kier alpha value is -2.93. The molecule has 0 bridgehead atoms. The second-order valence-corrected chi connectivity index (χ2v) is 8.09. The van der Waals surface area contributed by atoms with Crippen LogP contribution >= 0.6 is 23.1 Å². The van der Waals surface area contributed by atoms with Crippen LogP contribution in [-0.4, -0.2) is 47.9 Å². The van der Waals surface area contributed by atoms with E-state index in [0.29, 0.717) is 22.6 Å². The number of amides is 1. The van der Waals surface area contributed by atoms with Crippen molar-refractivity contribution >= 4 is 51.3 Å². The molecule has 0 unspecified atom stereocenters. The largest absolute Gasteiger partial charge is 0.466 e. The summed E-state index contributed by atoms with van der Waals surface area (Å²) in [6.45, 7) is 2.02. The first-order valence-electron chi connectivity index (χ1n) is 8.88. The molecule has 1 N–H and O–H groups in total. The van der Waals surface area contributed by atoms with E-state index in [4.69, 9.17) is 4.74 Å². The van der Waals surface area contributed by atoms with Gasteiger partial charge in [0.05, 0.1) is 24.5 Å². The van der Waals surface area contributed by atoms with E-state index < -0.39 is 11.2 Å². The standard InChI is InChI=1S/C17H20N6O5S2/c1-5-28-11(25)6-9-7-29-15(18-9)19-10(24)8-30-16-20-13-12(21(16)2)14(26)23(4)17(27)22(13)3/h7H,5-6,8H2,1-4H3,(H,18,19,24). The summed E-state index contributed by atoms with van der Waals surface area (Å²) in [5.41, 5.74) is 0.148. The number of nitrogens with one attached hydrogen (secondary N) is 1. The molecule has 0 atom stereocenters. The van der Waals surface area contributed by atoms with Gasteiger partial charge in [0.25, 0.3) is 5.56 Å². The zero-order valence-corrected chi connectivity index (χ0v) is 18.4. The van der Waals surface area contributed by atoms with Crippen LogP contribution in [0.25, 0.3) is 11.2 Å². The number of fused-ring (bicyclic) bond motifs is 1. The lowest BCUT2D eigenvalue weighted by Gasteiger charge is -2.04. The normalized spacial score (nSPS) is 11.1. The van der Waals surface area contributed by atoms with Gasteiger partial charge in [-0.15, -0.1) is 11.3 Å². The number of carbonyl (C=O) groups is 2. The van der Waals surface area contributed by atoms with Gasteiger partial charge in [0.1, 0.15) is 0 Å². The van der Waals surface area contributed by atoms with Crippen molar-refractivity contribution in [3.05, 3.63) is 31.9 Å². The Kier molecular flexibility index (Phi) is 6.41. The maximum Gasteiger partial charge on any atom is 0.332 e. The van der Waals surface area contributed by atoms with E-state index in [-0.39, 0.29) is 35.2 Å². The third-order valence-electron chi connectivity index (χ3n) is 4.20. The summed E-state index contributed by atoms with van der Waals surface area (Å²) in [6.07, 6.45) is 0.0441. The van der Waals surface area contributed by atoms with E-state index in [1.165, 1.54) is 30.0 Å². The molecular weight excluding hydrogens is 432 g/mol. The first-order chi connectivity index (χ1) is 14.2. The maximum atomic E-state index is 12.4. The Morgan fingerprint density at radius 1 is 1.17 bits per heavy atom. The Balaban J connectivity index is 1.68. The second kappa shape index (κ2) is 8.83. The molecular formula is C17H20N6O5S2. The first kappa shape index (κ1) is 21.8. The van der Waals surface area contributed by atoms with Crippen molar-refractivity contribution in [2.75, 3.05) is 17.7 Å². The molecule has 30 heavy (non-hydrogen) atoms. The number of aryl methyl sites for hydroxylation is 2. The van der Waals surface area contributed by atoms with E-state index in [9.17, 15) is 19.2 Å². The lowest BCUT2D eigenvalue weighted by Crippen LogP contribution is -2.37. The van der Waals surface area contributed by atoms with Crippen LogP contribution in [0.15, 0.2) is 20.1 Å². The van der Waals surface area contributed by atoms with E-state index in [0.717, 1.165) is 16.3 Å². The third kappa shape index (κ3) is 4.31. The number of carbonyl (C=O) groups excluding carboxylic acids is 2. The minimum Gasteiger partial charge on any atom is -0.466 e. The summed E-state index contributed by atoms with van der Waals surface area (Å²) in [6, 6.07) is 0. The maximum absolute atomic E-state index is 12.4. The monoisotopic (exact) mass is 452 g/mol. The second-order valence-electron chi connectivity index (χ2n) is 6.29. The fourth-order valence-electron chi connectivity index (χ4n) is 2.72. The average Bonchev–Trinajstić information content (AvgIpc) is 3.27. The van der Waals surface area contributed by atoms with Crippen LogP contribution in [0.3, 0.4) is 0 Å². The van der Waals surface area contributed by atoms with Crippen LogP contribution in [0.1, 0.15) is 12.6 Å². The van der Waals surface area contributed by atoms with E-state index in [1.54, 1.807) is 23.9 Å². The van der Waals surface area contributed by atoms with Crippen molar-refractivity contribution in [3.63, 3.8) is 0 Å². The van der Waals surface area contributed by atoms with Gasteiger partial charge in [0, 0.05) is 26.5 Å². The Labute approximate surface area is 178 Å². The smallest absolute Gasteiger partial charge is 0.332 e. The van der Waals surface area contributed by atoms with Gasteiger partial charge in [-0.05, 0) is 6.92 Å². The van der Waals surface area contributed by atoms with E-state index in [1.807, 2.05) is 0 Å². The zero-order valence-electron chi connectivity index (χ0n) is 16.8. The highest BCUT2D eigenvalue weighted by Crippen LogP contribution is 2.21. The van der Waals surface area contributed by atoms with Gasteiger partial charge in [-0.2, -0.15) is 0 Å².